The van der Waals surface area contributed by atoms with Crippen LogP contribution in [-0.2, 0) is 16.1 Å². The Morgan fingerprint density at radius 1 is 1.10 bits per heavy atom. The third-order valence-corrected chi connectivity index (χ3v) is 6.99. The van der Waals surface area contributed by atoms with Gasteiger partial charge in [0.1, 0.15) is 11.4 Å². The number of likely N-dealkylation sites (tertiary alicyclic amines) is 1. The van der Waals surface area contributed by atoms with Crippen molar-refractivity contribution >= 4 is 17.7 Å². The van der Waals surface area contributed by atoms with E-state index in [1.807, 2.05) is 16.9 Å². The first-order chi connectivity index (χ1) is 15.1. The lowest BCUT2D eigenvalue weighted by atomic mass is 9.82. The van der Waals surface area contributed by atoms with E-state index in [-0.39, 0.29) is 11.5 Å². The van der Waals surface area contributed by atoms with Crippen LogP contribution in [0.1, 0.15) is 43.7 Å². The van der Waals surface area contributed by atoms with Crippen LogP contribution in [0.5, 0.6) is 5.75 Å². The fourth-order valence-corrected chi connectivity index (χ4v) is 5.07. The molecule has 3 heterocycles. The molecule has 3 aliphatic rings. The number of piperidine rings is 1. The second-order valence-electron chi connectivity index (χ2n) is 8.76. The molecule has 5 heteroatoms. The summed E-state index contributed by atoms with van der Waals surface area (Å²) >= 11 is 0. The molecule has 5 nitrogen and oxygen atoms in total. The number of hydroxylamine groups is 1. The maximum absolute atomic E-state index is 12.0. The maximum atomic E-state index is 12.0. The van der Waals surface area contributed by atoms with Crippen LogP contribution >= 0.6 is 0 Å². The highest BCUT2D eigenvalue weighted by atomic mass is 16.7. The van der Waals surface area contributed by atoms with Gasteiger partial charge in [0, 0.05) is 32.4 Å². The summed E-state index contributed by atoms with van der Waals surface area (Å²) in [6.07, 6.45) is 8.72. The lowest BCUT2D eigenvalue weighted by Crippen LogP contribution is -2.51. The topological polar surface area (TPSA) is 42.0 Å². The summed E-state index contributed by atoms with van der Waals surface area (Å²) in [5, 5.41) is 1.92. The Morgan fingerprint density at radius 2 is 1.87 bits per heavy atom. The fourth-order valence-electron chi connectivity index (χ4n) is 5.07. The molecule has 0 saturated carbocycles. The normalized spacial score (nSPS) is 19.0. The van der Waals surface area contributed by atoms with Crippen LogP contribution in [0, 0.1) is 0 Å². The third kappa shape index (κ3) is 3.72. The monoisotopic (exact) mass is 418 g/mol. The van der Waals surface area contributed by atoms with E-state index in [4.69, 9.17) is 9.57 Å². The number of hydrogen-bond donors (Lipinski definition) is 0. The molecule has 1 fully saturated rings. The highest BCUT2D eigenvalue weighted by Crippen LogP contribution is 2.41. The second-order valence-corrected chi connectivity index (χ2v) is 8.76. The number of carbonyl (C=O) groups is 1. The number of anilines is 1. The van der Waals surface area contributed by atoms with Gasteiger partial charge in [-0.1, -0.05) is 37.3 Å². The molecule has 0 unspecified atom stereocenters. The van der Waals surface area contributed by atoms with E-state index in [1.54, 1.807) is 7.11 Å². The van der Waals surface area contributed by atoms with Crippen molar-refractivity contribution in [3.05, 3.63) is 53.6 Å². The molecule has 0 aromatic heterocycles. The van der Waals surface area contributed by atoms with E-state index in [2.05, 4.69) is 48.6 Å². The molecular formula is C26H30N2O3. The smallest absolute Gasteiger partial charge is 0.222 e. The van der Waals surface area contributed by atoms with Gasteiger partial charge in [0.25, 0.3) is 0 Å². The van der Waals surface area contributed by atoms with Gasteiger partial charge in [0.2, 0.25) is 5.91 Å². The molecule has 1 saturated heterocycles. The molecule has 0 aliphatic carbocycles. The molecule has 2 aromatic carbocycles. The SMILES string of the molecule is CCC(=O)N1CCC2(CCc3cc(-c4ccc5c(c4)N(OC)CC=C5)ccc3O2)CC1. The van der Waals surface area contributed by atoms with Gasteiger partial charge in [-0.15, -0.1) is 0 Å². The van der Waals surface area contributed by atoms with E-state index in [9.17, 15) is 4.79 Å². The Labute approximate surface area is 184 Å². The van der Waals surface area contributed by atoms with Crippen molar-refractivity contribution in [2.24, 2.45) is 0 Å². The van der Waals surface area contributed by atoms with E-state index < -0.39 is 0 Å². The van der Waals surface area contributed by atoms with Crippen molar-refractivity contribution in [3.8, 4) is 16.9 Å². The maximum Gasteiger partial charge on any atom is 0.222 e. The standard InChI is InChI=1S/C26H30N2O3/c1-3-25(29)27-15-12-26(13-16-27)11-10-22-17-20(8-9-24(22)31-26)21-7-6-19-5-4-14-28(30-2)23(19)18-21/h4-9,17-18H,3,10-16H2,1-2H3. The predicted octanol–water partition coefficient (Wildman–Crippen LogP) is 4.84. The van der Waals surface area contributed by atoms with Gasteiger partial charge in [-0.2, -0.15) is 0 Å². The molecule has 162 valence electrons. The highest BCUT2D eigenvalue weighted by molar-refractivity contribution is 5.78. The number of benzene rings is 2. The second kappa shape index (κ2) is 8.04. The van der Waals surface area contributed by atoms with E-state index in [1.165, 1.54) is 22.3 Å². The third-order valence-electron chi connectivity index (χ3n) is 6.99. The molecule has 0 bridgehead atoms. The zero-order chi connectivity index (χ0) is 21.4. The molecule has 5 rings (SSSR count). The zero-order valence-corrected chi connectivity index (χ0v) is 18.4. The quantitative estimate of drug-likeness (QED) is 0.715. The number of aryl methyl sites for hydroxylation is 1. The van der Waals surface area contributed by atoms with E-state index >= 15 is 0 Å². The summed E-state index contributed by atoms with van der Waals surface area (Å²) in [6, 6.07) is 13.1. The Bertz CT molecular complexity index is 1020. The van der Waals surface area contributed by atoms with E-state index in [0.29, 0.717) is 6.42 Å². The molecule has 0 N–H and O–H groups in total. The summed E-state index contributed by atoms with van der Waals surface area (Å²) in [6.45, 7) is 4.30. The molecule has 3 aliphatic heterocycles. The Morgan fingerprint density at radius 3 is 2.65 bits per heavy atom. The Kier molecular flexibility index (Phi) is 5.22. The van der Waals surface area contributed by atoms with Gasteiger partial charge in [0.05, 0.1) is 19.3 Å². The fraction of sp³-hybridized carbons (Fsp3) is 0.423. The largest absolute Gasteiger partial charge is 0.487 e. The van der Waals surface area contributed by atoms with Crippen LogP contribution < -0.4 is 9.80 Å². The molecule has 1 amide bonds. The summed E-state index contributed by atoms with van der Waals surface area (Å²) in [5.74, 6) is 1.26. The summed E-state index contributed by atoms with van der Waals surface area (Å²) in [5.41, 5.74) is 5.82. The average Bonchev–Trinajstić information content (AvgIpc) is 2.83. The van der Waals surface area contributed by atoms with Crippen molar-refractivity contribution < 1.29 is 14.4 Å². The van der Waals surface area contributed by atoms with Crippen molar-refractivity contribution in [2.45, 2.75) is 44.6 Å². The first-order valence-corrected chi connectivity index (χ1v) is 11.3. The molecule has 0 atom stereocenters. The summed E-state index contributed by atoms with van der Waals surface area (Å²) in [4.78, 5) is 19.5. The van der Waals surface area contributed by atoms with Crippen LogP contribution in [0.3, 0.4) is 0 Å². The Balaban J connectivity index is 1.35. The van der Waals surface area contributed by atoms with Crippen molar-refractivity contribution in [3.63, 3.8) is 0 Å². The predicted molar refractivity (Wildman–Crippen MR) is 123 cm³/mol. The van der Waals surface area contributed by atoms with Crippen molar-refractivity contribution in [2.75, 3.05) is 31.8 Å². The number of ether oxygens (including phenoxy) is 1. The number of rotatable bonds is 3. The van der Waals surface area contributed by atoms with Crippen LogP contribution in [-0.4, -0.2) is 43.2 Å². The zero-order valence-electron chi connectivity index (χ0n) is 18.4. The Hall–Kier alpha value is -2.79. The molecule has 31 heavy (non-hydrogen) atoms. The number of nitrogens with zero attached hydrogens (tertiary/aromatic N) is 2. The van der Waals surface area contributed by atoms with Crippen LogP contribution in [0.15, 0.2) is 42.5 Å². The summed E-state index contributed by atoms with van der Waals surface area (Å²) in [7, 11) is 1.71. The summed E-state index contributed by atoms with van der Waals surface area (Å²) < 4.78 is 6.56. The number of fused-ring (bicyclic) bond motifs is 2. The van der Waals surface area contributed by atoms with Gasteiger partial charge in [-0.25, -0.2) is 0 Å². The lowest BCUT2D eigenvalue weighted by Gasteiger charge is -2.44. The van der Waals surface area contributed by atoms with Gasteiger partial charge in [-0.3, -0.25) is 14.7 Å². The van der Waals surface area contributed by atoms with Crippen LogP contribution in [0.25, 0.3) is 17.2 Å². The first-order valence-electron chi connectivity index (χ1n) is 11.3. The van der Waals surface area contributed by atoms with Gasteiger partial charge in [-0.05, 0) is 53.3 Å². The van der Waals surface area contributed by atoms with Gasteiger partial charge >= 0.3 is 0 Å². The number of amides is 1. The van der Waals surface area contributed by atoms with Crippen LogP contribution in [0.4, 0.5) is 5.69 Å². The lowest BCUT2D eigenvalue weighted by molar-refractivity contribution is -0.134. The minimum atomic E-state index is -0.115. The van der Waals surface area contributed by atoms with Crippen molar-refractivity contribution in [1.82, 2.24) is 4.90 Å². The number of hydrogen-bond acceptors (Lipinski definition) is 4. The highest BCUT2D eigenvalue weighted by Gasteiger charge is 2.40. The molecule has 1 spiro atoms. The minimum Gasteiger partial charge on any atom is -0.487 e. The number of carbonyl (C=O) groups excluding carboxylic acids is 1. The minimum absolute atomic E-state index is 0.115. The first kappa shape index (κ1) is 20.1. The van der Waals surface area contributed by atoms with Crippen molar-refractivity contribution in [1.29, 1.82) is 0 Å². The molecule has 2 aromatic rings. The van der Waals surface area contributed by atoms with Crippen LogP contribution in [0.2, 0.25) is 0 Å². The molecule has 0 radical (unpaired) electrons. The van der Waals surface area contributed by atoms with Gasteiger partial charge in [0.15, 0.2) is 0 Å². The van der Waals surface area contributed by atoms with E-state index in [0.717, 1.165) is 56.8 Å². The average molecular weight is 419 g/mol. The molecular weight excluding hydrogens is 388 g/mol. The van der Waals surface area contributed by atoms with Gasteiger partial charge < -0.3 is 9.64 Å².